The average Bonchev–Trinajstić information content (AvgIpc) is 3.20. The molecule has 1 atom stereocenters. The fourth-order valence-corrected chi connectivity index (χ4v) is 5.19. The lowest BCUT2D eigenvalue weighted by Gasteiger charge is -2.42. The highest BCUT2D eigenvalue weighted by molar-refractivity contribution is 7.99. The Labute approximate surface area is 158 Å². The number of amides is 2. The highest BCUT2D eigenvalue weighted by Gasteiger charge is 2.49. The molecule has 142 valence electrons. The molecule has 1 spiro atoms. The monoisotopic (exact) mass is 377 g/mol. The lowest BCUT2D eigenvalue weighted by molar-refractivity contribution is -0.147. The van der Waals surface area contributed by atoms with Crippen molar-refractivity contribution in [3.63, 3.8) is 0 Å². The van der Waals surface area contributed by atoms with Crippen molar-refractivity contribution in [1.82, 2.24) is 24.6 Å². The summed E-state index contributed by atoms with van der Waals surface area (Å²) in [5.41, 5.74) is -0.326. The number of rotatable bonds is 5. The Morgan fingerprint density at radius 3 is 2.85 bits per heavy atom. The van der Waals surface area contributed by atoms with Crippen LogP contribution >= 0.6 is 11.8 Å². The predicted molar refractivity (Wildman–Crippen MR) is 98.5 cm³/mol. The van der Waals surface area contributed by atoms with Gasteiger partial charge in [-0.3, -0.25) is 9.59 Å². The van der Waals surface area contributed by atoms with Crippen LogP contribution in [0.2, 0.25) is 0 Å². The van der Waals surface area contributed by atoms with E-state index in [9.17, 15) is 9.59 Å². The van der Waals surface area contributed by atoms with Gasteiger partial charge >= 0.3 is 0 Å². The van der Waals surface area contributed by atoms with Crippen molar-refractivity contribution in [3.05, 3.63) is 6.33 Å². The summed E-state index contributed by atoms with van der Waals surface area (Å²) in [6, 6.07) is 0. The summed E-state index contributed by atoms with van der Waals surface area (Å²) in [4.78, 5) is 29.7. The molecule has 4 rings (SSSR count). The van der Waals surface area contributed by atoms with Crippen LogP contribution in [0.3, 0.4) is 0 Å². The molecule has 1 aromatic heterocycles. The Morgan fingerprint density at radius 1 is 1.31 bits per heavy atom. The van der Waals surface area contributed by atoms with E-state index in [1.165, 1.54) is 31.0 Å². The fraction of sp³-hybridized carbons (Fsp3) is 0.778. The van der Waals surface area contributed by atoms with E-state index in [4.69, 9.17) is 0 Å². The zero-order chi connectivity index (χ0) is 18.1. The molecule has 1 aliphatic carbocycles. The van der Waals surface area contributed by atoms with Gasteiger partial charge in [0.1, 0.15) is 6.33 Å². The summed E-state index contributed by atoms with van der Waals surface area (Å²) >= 11 is 1.41. The smallest absolute Gasteiger partial charge is 0.233 e. The van der Waals surface area contributed by atoms with Crippen LogP contribution in [0.5, 0.6) is 0 Å². The molecule has 0 aromatic carbocycles. The lowest BCUT2D eigenvalue weighted by Crippen LogP contribution is -2.52. The molecule has 2 saturated heterocycles. The highest BCUT2D eigenvalue weighted by atomic mass is 32.2. The lowest BCUT2D eigenvalue weighted by atomic mass is 9.77. The maximum atomic E-state index is 13.1. The summed E-state index contributed by atoms with van der Waals surface area (Å²) in [5, 5.41) is 8.58. The number of aryl methyl sites for hydroxylation is 1. The number of piperidine rings is 1. The van der Waals surface area contributed by atoms with E-state index in [0.717, 1.165) is 37.5 Å². The van der Waals surface area contributed by atoms with Crippen molar-refractivity contribution in [2.75, 3.05) is 31.9 Å². The largest absolute Gasteiger partial charge is 0.342 e. The van der Waals surface area contributed by atoms with Crippen molar-refractivity contribution < 1.29 is 9.59 Å². The minimum absolute atomic E-state index is 0.0961. The van der Waals surface area contributed by atoms with E-state index >= 15 is 0 Å². The van der Waals surface area contributed by atoms with Gasteiger partial charge < -0.3 is 14.4 Å². The van der Waals surface area contributed by atoms with E-state index in [2.05, 4.69) is 15.1 Å². The third kappa shape index (κ3) is 3.35. The van der Waals surface area contributed by atoms with Crippen LogP contribution in [-0.2, 0) is 16.6 Å². The van der Waals surface area contributed by atoms with Crippen molar-refractivity contribution >= 4 is 23.6 Å². The number of carbonyl (C=O) groups is 2. The number of aromatic nitrogens is 3. The number of likely N-dealkylation sites (tertiary alicyclic amines) is 2. The third-order valence-corrected chi connectivity index (χ3v) is 7.25. The molecule has 1 aromatic rings. The van der Waals surface area contributed by atoms with E-state index in [1.54, 1.807) is 6.33 Å². The van der Waals surface area contributed by atoms with Crippen molar-refractivity contribution in [1.29, 1.82) is 0 Å². The van der Waals surface area contributed by atoms with Gasteiger partial charge in [0, 0.05) is 33.2 Å². The van der Waals surface area contributed by atoms with E-state index < -0.39 is 0 Å². The maximum absolute atomic E-state index is 13.1. The molecule has 0 radical (unpaired) electrons. The standard InChI is InChI=1S/C18H27N5O2S/c1-21-13-19-20-17(21)26-11-15(24)23-9-7-18(12-23)6-3-8-22(16(18)25)10-14-4-2-5-14/h13-14H,2-12H2,1H3/t18-/m0/s1. The zero-order valence-corrected chi connectivity index (χ0v) is 16.2. The van der Waals surface area contributed by atoms with Crippen molar-refractivity contribution in [3.8, 4) is 0 Å². The molecule has 1 saturated carbocycles. The Bertz CT molecular complexity index is 689. The molecule has 3 aliphatic rings. The molecule has 0 bridgehead atoms. The predicted octanol–water partition coefficient (Wildman–Crippen LogP) is 1.55. The summed E-state index contributed by atoms with van der Waals surface area (Å²) in [7, 11) is 1.87. The number of carbonyl (C=O) groups excluding carboxylic acids is 2. The van der Waals surface area contributed by atoms with Gasteiger partial charge in [0.15, 0.2) is 5.16 Å². The Balaban J connectivity index is 1.34. The number of hydrogen-bond acceptors (Lipinski definition) is 5. The third-order valence-electron chi connectivity index (χ3n) is 6.23. The quantitative estimate of drug-likeness (QED) is 0.728. The summed E-state index contributed by atoms with van der Waals surface area (Å²) in [6.45, 7) is 3.11. The zero-order valence-electron chi connectivity index (χ0n) is 15.4. The van der Waals surface area contributed by atoms with Gasteiger partial charge in [0.25, 0.3) is 0 Å². The summed E-state index contributed by atoms with van der Waals surface area (Å²) < 4.78 is 1.81. The number of hydrogen-bond donors (Lipinski definition) is 0. The average molecular weight is 378 g/mol. The molecule has 8 heteroatoms. The van der Waals surface area contributed by atoms with Gasteiger partial charge in [-0.1, -0.05) is 18.2 Å². The topological polar surface area (TPSA) is 71.3 Å². The Hall–Kier alpha value is -1.57. The van der Waals surface area contributed by atoms with Crippen LogP contribution in [0.1, 0.15) is 38.5 Å². The number of thioether (sulfide) groups is 1. The first-order valence-electron chi connectivity index (χ1n) is 9.61. The SMILES string of the molecule is Cn1cnnc1SCC(=O)N1CC[C@@]2(CCCN(CC3CCC3)C2=O)C1. The summed E-state index contributed by atoms with van der Waals surface area (Å²) in [6.07, 6.45) is 8.27. The van der Waals surface area contributed by atoms with Crippen LogP contribution in [0.25, 0.3) is 0 Å². The van der Waals surface area contributed by atoms with Gasteiger partial charge in [0.2, 0.25) is 11.8 Å². The second kappa shape index (κ2) is 7.21. The fourth-order valence-electron chi connectivity index (χ4n) is 4.40. The molecule has 3 heterocycles. The molecule has 7 nitrogen and oxygen atoms in total. The van der Waals surface area contributed by atoms with Crippen LogP contribution in [0.4, 0.5) is 0 Å². The number of nitrogens with zero attached hydrogens (tertiary/aromatic N) is 5. The van der Waals surface area contributed by atoms with Crippen LogP contribution in [0, 0.1) is 11.3 Å². The minimum atomic E-state index is -0.326. The molecular weight excluding hydrogens is 350 g/mol. The first kappa shape index (κ1) is 17.8. The first-order valence-corrected chi connectivity index (χ1v) is 10.6. The van der Waals surface area contributed by atoms with Gasteiger partial charge in [-0.05, 0) is 38.0 Å². The van der Waals surface area contributed by atoms with Gasteiger partial charge in [0.05, 0.1) is 11.2 Å². The van der Waals surface area contributed by atoms with Gasteiger partial charge in [-0.15, -0.1) is 10.2 Å². The molecular formula is C18H27N5O2S. The molecule has 0 N–H and O–H groups in total. The Morgan fingerprint density at radius 2 is 2.15 bits per heavy atom. The van der Waals surface area contributed by atoms with E-state index in [0.29, 0.717) is 30.7 Å². The maximum Gasteiger partial charge on any atom is 0.233 e. The highest BCUT2D eigenvalue weighted by Crippen LogP contribution is 2.41. The Kier molecular flexibility index (Phi) is 4.94. The molecule has 2 aliphatic heterocycles. The van der Waals surface area contributed by atoms with E-state index in [-0.39, 0.29) is 11.3 Å². The minimum Gasteiger partial charge on any atom is -0.342 e. The second-order valence-electron chi connectivity index (χ2n) is 8.01. The molecule has 0 unspecified atom stereocenters. The van der Waals surface area contributed by atoms with Crippen LogP contribution < -0.4 is 0 Å². The molecule has 26 heavy (non-hydrogen) atoms. The second-order valence-corrected chi connectivity index (χ2v) is 8.95. The van der Waals surface area contributed by atoms with E-state index in [1.807, 2.05) is 16.5 Å². The summed E-state index contributed by atoms with van der Waals surface area (Å²) in [5.74, 6) is 1.45. The molecule has 3 fully saturated rings. The van der Waals surface area contributed by atoms with Gasteiger partial charge in [-0.2, -0.15) is 0 Å². The van der Waals surface area contributed by atoms with Crippen LogP contribution in [0.15, 0.2) is 11.5 Å². The van der Waals surface area contributed by atoms with Crippen molar-refractivity contribution in [2.24, 2.45) is 18.4 Å². The normalized spacial score (nSPS) is 26.6. The first-order chi connectivity index (χ1) is 12.6. The van der Waals surface area contributed by atoms with Crippen LogP contribution in [-0.4, -0.2) is 68.3 Å². The van der Waals surface area contributed by atoms with Gasteiger partial charge in [-0.25, -0.2) is 0 Å². The van der Waals surface area contributed by atoms with Crippen molar-refractivity contribution in [2.45, 2.75) is 43.7 Å². The molecule has 2 amide bonds.